The molecule has 144 valence electrons. The van der Waals surface area contributed by atoms with Crippen LogP contribution in [-0.2, 0) is 20.7 Å². The van der Waals surface area contributed by atoms with Gasteiger partial charge < -0.3 is 14.6 Å². The minimum atomic E-state index is -0.966. The predicted molar refractivity (Wildman–Crippen MR) is 104 cm³/mol. The quantitative estimate of drug-likeness (QED) is 0.605. The van der Waals surface area contributed by atoms with Crippen molar-refractivity contribution in [1.29, 1.82) is 0 Å². The number of ether oxygens (including phenoxy) is 1. The van der Waals surface area contributed by atoms with E-state index < -0.39 is 18.0 Å². The summed E-state index contributed by atoms with van der Waals surface area (Å²) in [5.41, 5.74) is 1.28. The third kappa shape index (κ3) is 5.17. The van der Waals surface area contributed by atoms with Crippen LogP contribution < -0.4 is 5.32 Å². The SMILES string of the molecule is C[C@@H](OC(=O)CCc1nc(-c2ccccc2)no1)C(=O)Nc1ccccc1Cl. The van der Waals surface area contributed by atoms with Gasteiger partial charge in [0.1, 0.15) is 0 Å². The van der Waals surface area contributed by atoms with E-state index >= 15 is 0 Å². The number of benzene rings is 2. The summed E-state index contributed by atoms with van der Waals surface area (Å²) in [5.74, 6) is -0.229. The third-order valence-corrected chi connectivity index (χ3v) is 4.18. The number of halogens is 1. The van der Waals surface area contributed by atoms with Crippen LogP contribution in [0.25, 0.3) is 11.4 Å². The lowest BCUT2D eigenvalue weighted by Gasteiger charge is -2.13. The number of carbonyl (C=O) groups is 2. The maximum absolute atomic E-state index is 12.1. The Bertz CT molecular complexity index is 959. The van der Waals surface area contributed by atoms with E-state index in [4.69, 9.17) is 20.9 Å². The first-order chi connectivity index (χ1) is 13.5. The van der Waals surface area contributed by atoms with Crippen molar-refractivity contribution in [3.8, 4) is 11.4 Å². The summed E-state index contributed by atoms with van der Waals surface area (Å²) in [4.78, 5) is 28.4. The number of amides is 1. The van der Waals surface area contributed by atoms with Crippen molar-refractivity contribution in [2.45, 2.75) is 25.9 Å². The minimum Gasteiger partial charge on any atom is -0.453 e. The van der Waals surface area contributed by atoms with E-state index in [2.05, 4.69) is 15.5 Å². The van der Waals surface area contributed by atoms with Gasteiger partial charge in [0.15, 0.2) is 6.10 Å². The number of rotatable bonds is 7. The van der Waals surface area contributed by atoms with Crippen LogP contribution in [0.3, 0.4) is 0 Å². The lowest BCUT2D eigenvalue weighted by molar-refractivity contribution is -0.153. The smallest absolute Gasteiger partial charge is 0.307 e. The Hall–Kier alpha value is -3.19. The molecule has 0 bridgehead atoms. The molecule has 3 rings (SSSR count). The Morgan fingerprint density at radius 3 is 2.61 bits per heavy atom. The number of aromatic nitrogens is 2. The lowest BCUT2D eigenvalue weighted by atomic mass is 10.2. The molecule has 1 atom stereocenters. The van der Waals surface area contributed by atoms with E-state index in [0.29, 0.717) is 22.4 Å². The highest BCUT2D eigenvalue weighted by Gasteiger charge is 2.19. The van der Waals surface area contributed by atoms with E-state index in [9.17, 15) is 9.59 Å². The van der Waals surface area contributed by atoms with Crippen LogP contribution >= 0.6 is 11.6 Å². The highest BCUT2D eigenvalue weighted by molar-refractivity contribution is 6.33. The molecule has 0 saturated heterocycles. The second kappa shape index (κ2) is 9.14. The number of hydrogen-bond donors (Lipinski definition) is 1. The topological polar surface area (TPSA) is 94.3 Å². The van der Waals surface area contributed by atoms with Gasteiger partial charge in [-0.15, -0.1) is 0 Å². The standard InChI is InChI=1S/C20H18ClN3O4/c1-13(20(26)22-16-10-6-5-9-15(16)21)27-18(25)12-11-17-23-19(24-28-17)14-7-3-2-4-8-14/h2-10,13H,11-12H2,1H3,(H,22,26)/t13-/m1/s1. The van der Waals surface area contributed by atoms with Crippen molar-refractivity contribution in [1.82, 2.24) is 10.1 Å². The summed E-state index contributed by atoms with van der Waals surface area (Å²) in [7, 11) is 0. The summed E-state index contributed by atoms with van der Waals surface area (Å²) in [6, 6.07) is 16.2. The number of aryl methyl sites for hydroxylation is 1. The molecule has 0 radical (unpaired) electrons. The first-order valence-electron chi connectivity index (χ1n) is 8.66. The molecule has 3 aromatic rings. The van der Waals surface area contributed by atoms with Gasteiger partial charge in [0.05, 0.1) is 17.1 Å². The third-order valence-electron chi connectivity index (χ3n) is 3.85. The zero-order valence-electron chi connectivity index (χ0n) is 15.1. The molecule has 8 heteroatoms. The van der Waals surface area contributed by atoms with Crippen LogP contribution in [0.4, 0.5) is 5.69 Å². The number of nitrogens with one attached hydrogen (secondary N) is 1. The molecule has 0 aliphatic rings. The van der Waals surface area contributed by atoms with Crippen molar-refractivity contribution in [2.75, 3.05) is 5.32 Å². The average molecular weight is 400 g/mol. The summed E-state index contributed by atoms with van der Waals surface area (Å²) in [6.07, 6.45) is -0.733. The molecular weight excluding hydrogens is 382 g/mol. The molecule has 0 fully saturated rings. The Kier molecular flexibility index (Phi) is 6.39. The molecule has 0 unspecified atom stereocenters. The van der Waals surface area contributed by atoms with Gasteiger partial charge in [-0.05, 0) is 19.1 Å². The van der Waals surface area contributed by atoms with E-state index in [1.807, 2.05) is 30.3 Å². The number of hydrogen-bond acceptors (Lipinski definition) is 6. The minimum absolute atomic E-state index is 0.0140. The van der Waals surface area contributed by atoms with Crippen molar-refractivity contribution in [3.63, 3.8) is 0 Å². The van der Waals surface area contributed by atoms with Gasteiger partial charge in [-0.1, -0.05) is 59.2 Å². The molecule has 1 amide bonds. The maximum atomic E-state index is 12.1. The largest absolute Gasteiger partial charge is 0.453 e. The zero-order chi connectivity index (χ0) is 19.9. The van der Waals surface area contributed by atoms with Crippen LogP contribution in [0.2, 0.25) is 5.02 Å². The monoisotopic (exact) mass is 399 g/mol. The first-order valence-corrected chi connectivity index (χ1v) is 9.03. The predicted octanol–water partition coefficient (Wildman–Crippen LogP) is 3.89. The fourth-order valence-electron chi connectivity index (χ4n) is 2.38. The molecule has 28 heavy (non-hydrogen) atoms. The van der Waals surface area contributed by atoms with Crippen molar-refractivity contribution in [2.24, 2.45) is 0 Å². The number of para-hydroxylation sites is 1. The second-order valence-corrected chi connectivity index (χ2v) is 6.39. The van der Waals surface area contributed by atoms with Crippen molar-refractivity contribution >= 4 is 29.2 Å². The van der Waals surface area contributed by atoms with Crippen LogP contribution in [-0.4, -0.2) is 28.1 Å². The van der Waals surface area contributed by atoms with Gasteiger partial charge >= 0.3 is 5.97 Å². The van der Waals surface area contributed by atoms with Crippen LogP contribution in [0, 0.1) is 0 Å². The fraction of sp³-hybridized carbons (Fsp3) is 0.200. The molecule has 1 N–H and O–H groups in total. The summed E-state index contributed by atoms with van der Waals surface area (Å²) in [5, 5.41) is 6.92. The molecule has 1 aromatic heterocycles. The van der Waals surface area contributed by atoms with E-state index in [1.165, 1.54) is 6.92 Å². The lowest BCUT2D eigenvalue weighted by Crippen LogP contribution is -2.30. The highest BCUT2D eigenvalue weighted by Crippen LogP contribution is 2.21. The number of nitrogens with zero attached hydrogens (tertiary/aromatic N) is 2. The van der Waals surface area contributed by atoms with Crippen LogP contribution in [0.1, 0.15) is 19.2 Å². The molecule has 0 saturated carbocycles. The van der Waals surface area contributed by atoms with Crippen LogP contribution in [0.5, 0.6) is 0 Å². The zero-order valence-corrected chi connectivity index (χ0v) is 15.8. The Labute approximate surface area is 166 Å². The molecule has 1 heterocycles. The van der Waals surface area contributed by atoms with Gasteiger partial charge in [0.25, 0.3) is 5.91 Å². The van der Waals surface area contributed by atoms with Gasteiger partial charge in [0, 0.05) is 12.0 Å². The van der Waals surface area contributed by atoms with E-state index in [0.717, 1.165) is 5.56 Å². The molecule has 0 spiro atoms. The molecule has 0 aliphatic carbocycles. The van der Waals surface area contributed by atoms with Gasteiger partial charge in [-0.3, -0.25) is 9.59 Å². The Balaban J connectivity index is 1.48. The summed E-state index contributed by atoms with van der Waals surface area (Å²) in [6.45, 7) is 1.49. The highest BCUT2D eigenvalue weighted by atomic mass is 35.5. The van der Waals surface area contributed by atoms with Crippen molar-refractivity contribution < 1.29 is 18.8 Å². The van der Waals surface area contributed by atoms with Gasteiger partial charge in [-0.25, -0.2) is 0 Å². The maximum Gasteiger partial charge on any atom is 0.307 e. The molecule has 0 aliphatic heterocycles. The van der Waals surface area contributed by atoms with E-state index in [-0.39, 0.29) is 12.8 Å². The summed E-state index contributed by atoms with van der Waals surface area (Å²) >= 11 is 6.00. The van der Waals surface area contributed by atoms with Crippen LogP contribution in [0.15, 0.2) is 59.1 Å². The normalized spacial score (nSPS) is 11.6. The molecule has 2 aromatic carbocycles. The Morgan fingerprint density at radius 1 is 1.14 bits per heavy atom. The fourth-order valence-corrected chi connectivity index (χ4v) is 2.56. The number of anilines is 1. The molecule has 7 nitrogen and oxygen atoms in total. The number of carbonyl (C=O) groups excluding carboxylic acids is 2. The van der Waals surface area contributed by atoms with Gasteiger partial charge in [-0.2, -0.15) is 4.98 Å². The van der Waals surface area contributed by atoms with Gasteiger partial charge in [0.2, 0.25) is 11.7 Å². The molecular formula is C20H18ClN3O4. The van der Waals surface area contributed by atoms with E-state index in [1.54, 1.807) is 24.3 Å². The average Bonchev–Trinajstić information content (AvgIpc) is 3.18. The first kappa shape index (κ1) is 19.6. The second-order valence-electron chi connectivity index (χ2n) is 5.98. The van der Waals surface area contributed by atoms with Crippen molar-refractivity contribution in [3.05, 3.63) is 65.5 Å². The summed E-state index contributed by atoms with van der Waals surface area (Å²) < 4.78 is 10.3. The Morgan fingerprint density at radius 2 is 1.86 bits per heavy atom. The number of esters is 1.